The van der Waals surface area contributed by atoms with Crippen LogP contribution in [0, 0.1) is 11.8 Å². The zero-order chi connectivity index (χ0) is 12.8. The van der Waals surface area contributed by atoms with Crippen molar-refractivity contribution in [3.05, 3.63) is 18.1 Å². The van der Waals surface area contributed by atoms with E-state index < -0.39 is 5.97 Å². The number of methoxy groups -OCH3 is 1. The Morgan fingerprint density at radius 1 is 1.56 bits per heavy atom. The first kappa shape index (κ1) is 12.3. The summed E-state index contributed by atoms with van der Waals surface area (Å²) in [5.74, 6) is 4.66. The standard InChI is InChI=1S/C12H13N3O3/c1-17-12(16)3-2-9-6-14-8-11(15-9)18-10-4-5-13-7-10/h6,8,10,13H,4-5,7H2,1H3. The lowest BCUT2D eigenvalue weighted by Crippen LogP contribution is -2.20. The number of esters is 1. The zero-order valence-corrected chi connectivity index (χ0v) is 9.97. The monoisotopic (exact) mass is 247 g/mol. The van der Waals surface area contributed by atoms with Crippen LogP contribution in [0.2, 0.25) is 0 Å². The fraction of sp³-hybridized carbons (Fsp3) is 0.417. The van der Waals surface area contributed by atoms with Crippen molar-refractivity contribution in [2.75, 3.05) is 20.2 Å². The van der Waals surface area contributed by atoms with Crippen molar-refractivity contribution in [1.29, 1.82) is 0 Å². The van der Waals surface area contributed by atoms with E-state index in [1.165, 1.54) is 19.5 Å². The molecule has 0 spiro atoms. The van der Waals surface area contributed by atoms with Gasteiger partial charge in [-0.25, -0.2) is 9.78 Å². The summed E-state index contributed by atoms with van der Waals surface area (Å²) < 4.78 is 10.0. The Morgan fingerprint density at radius 2 is 2.44 bits per heavy atom. The van der Waals surface area contributed by atoms with Crippen LogP contribution in [0.25, 0.3) is 0 Å². The average molecular weight is 247 g/mol. The second kappa shape index (κ2) is 5.98. The molecule has 0 saturated carbocycles. The molecule has 0 amide bonds. The Morgan fingerprint density at radius 3 is 3.17 bits per heavy atom. The molecule has 94 valence electrons. The summed E-state index contributed by atoms with van der Waals surface area (Å²) in [4.78, 5) is 19.0. The van der Waals surface area contributed by atoms with Crippen molar-refractivity contribution < 1.29 is 14.3 Å². The fourth-order valence-electron chi connectivity index (χ4n) is 1.53. The minimum atomic E-state index is -0.608. The van der Waals surface area contributed by atoms with E-state index in [0.717, 1.165) is 19.5 Å². The topological polar surface area (TPSA) is 73.3 Å². The van der Waals surface area contributed by atoms with Gasteiger partial charge in [-0.05, 0) is 18.9 Å². The number of aromatic nitrogens is 2. The van der Waals surface area contributed by atoms with Crippen molar-refractivity contribution >= 4 is 5.97 Å². The third-order valence-corrected chi connectivity index (χ3v) is 2.39. The Balaban J connectivity index is 2.04. The normalized spacial score (nSPS) is 17.7. The molecule has 0 aliphatic carbocycles. The summed E-state index contributed by atoms with van der Waals surface area (Å²) in [5, 5.41) is 3.19. The molecule has 1 fully saturated rings. The molecule has 1 aliphatic heterocycles. The van der Waals surface area contributed by atoms with Crippen LogP contribution in [0.5, 0.6) is 5.88 Å². The molecule has 18 heavy (non-hydrogen) atoms. The first-order chi connectivity index (χ1) is 8.78. The molecular weight excluding hydrogens is 234 g/mol. The molecule has 1 unspecified atom stereocenters. The quantitative estimate of drug-likeness (QED) is 0.573. The van der Waals surface area contributed by atoms with Crippen LogP contribution in [0.15, 0.2) is 12.4 Å². The first-order valence-electron chi connectivity index (χ1n) is 5.57. The number of nitrogens with zero attached hydrogens (tertiary/aromatic N) is 2. The van der Waals surface area contributed by atoms with Gasteiger partial charge >= 0.3 is 5.97 Å². The summed E-state index contributed by atoms with van der Waals surface area (Å²) in [6.45, 7) is 1.75. The number of rotatable bonds is 2. The summed E-state index contributed by atoms with van der Waals surface area (Å²) in [5.41, 5.74) is 0.379. The van der Waals surface area contributed by atoms with E-state index >= 15 is 0 Å². The van der Waals surface area contributed by atoms with E-state index in [-0.39, 0.29) is 6.10 Å². The van der Waals surface area contributed by atoms with Gasteiger partial charge in [0.25, 0.3) is 0 Å². The molecule has 2 heterocycles. The predicted octanol–water partition coefficient (Wildman–Crippen LogP) is -0.258. The van der Waals surface area contributed by atoms with E-state index in [9.17, 15) is 4.79 Å². The molecule has 6 heteroatoms. The van der Waals surface area contributed by atoms with Crippen molar-refractivity contribution in [1.82, 2.24) is 15.3 Å². The Labute approximate surface area is 105 Å². The van der Waals surface area contributed by atoms with Gasteiger partial charge in [-0.3, -0.25) is 4.98 Å². The zero-order valence-electron chi connectivity index (χ0n) is 9.97. The van der Waals surface area contributed by atoms with Gasteiger partial charge in [0.05, 0.1) is 19.5 Å². The van der Waals surface area contributed by atoms with Crippen LogP contribution in [-0.2, 0) is 9.53 Å². The number of ether oxygens (including phenoxy) is 2. The van der Waals surface area contributed by atoms with Crippen LogP contribution in [0.4, 0.5) is 0 Å². The molecule has 0 radical (unpaired) electrons. The molecule has 2 rings (SSSR count). The highest BCUT2D eigenvalue weighted by atomic mass is 16.5. The smallest absolute Gasteiger partial charge is 0.384 e. The summed E-state index contributed by atoms with van der Waals surface area (Å²) >= 11 is 0. The van der Waals surface area contributed by atoms with Gasteiger partial charge in [-0.15, -0.1) is 0 Å². The highest BCUT2D eigenvalue weighted by molar-refractivity contribution is 5.88. The maximum absolute atomic E-state index is 10.9. The minimum absolute atomic E-state index is 0.114. The summed E-state index contributed by atoms with van der Waals surface area (Å²) in [7, 11) is 1.27. The minimum Gasteiger partial charge on any atom is -0.472 e. The Bertz CT molecular complexity index is 487. The lowest BCUT2D eigenvalue weighted by molar-refractivity contribution is -0.133. The van der Waals surface area contributed by atoms with E-state index in [1.54, 1.807) is 0 Å². The van der Waals surface area contributed by atoms with Crippen molar-refractivity contribution in [3.63, 3.8) is 0 Å². The van der Waals surface area contributed by atoms with Gasteiger partial charge in [0, 0.05) is 12.5 Å². The highest BCUT2D eigenvalue weighted by Crippen LogP contribution is 2.10. The number of carbonyl (C=O) groups is 1. The molecule has 1 atom stereocenters. The summed E-state index contributed by atoms with van der Waals surface area (Å²) in [6.07, 6.45) is 4.06. The number of nitrogens with one attached hydrogen (secondary N) is 1. The maximum Gasteiger partial charge on any atom is 0.384 e. The predicted molar refractivity (Wildman–Crippen MR) is 62.8 cm³/mol. The lowest BCUT2D eigenvalue weighted by atomic mass is 10.3. The van der Waals surface area contributed by atoms with Crippen LogP contribution in [0.3, 0.4) is 0 Å². The van der Waals surface area contributed by atoms with Crippen molar-refractivity contribution in [2.24, 2.45) is 0 Å². The second-order valence-electron chi connectivity index (χ2n) is 3.72. The molecule has 0 aromatic carbocycles. The largest absolute Gasteiger partial charge is 0.472 e. The molecular formula is C12H13N3O3. The van der Waals surface area contributed by atoms with Gasteiger partial charge in [0.1, 0.15) is 11.8 Å². The number of hydrogen-bond donors (Lipinski definition) is 1. The van der Waals surface area contributed by atoms with Crippen LogP contribution in [-0.4, -0.2) is 42.2 Å². The third-order valence-electron chi connectivity index (χ3n) is 2.39. The van der Waals surface area contributed by atoms with Crippen LogP contribution < -0.4 is 10.1 Å². The van der Waals surface area contributed by atoms with Gasteiger partial charge < -0.3 is 14.8 Å². The van der Waals surface area contributed by atoms with Gasteiger partial charge in [-0.1, -0.05) is 0 Å². The Kier molecular flexibility index (Phi) is 4.10. The van der Waals surface area contributed by atoms with E-state index in [1.807, 2.05) is 0 Å². The van der Waals surface area contributed by atoms with Crippen LogP contribution in [0.1, 0.15) is 12.1 Å². The summed E-state index contributed by atoms with van der Waals surface area (Å²) in [6, 6.07) is 0. The lowest BCUT2D eigenvalue weighted by Gasteiger charge is -2.10. The maximum atomic E-state index is 10.9. The van der Waals surface area contributed by atoms with Crippen LogP contribution >= 0.6 is 0 Å². The Hall–Kier alpha value is -2.13. The van der Waals surface area contributed by atoms with Gasteiger partial charge in [0.15, 0.2) is 0 Å². The third kappa shape index (κ3) is 3.43. The molecule has 0 bridgehead atoms. The molecule has 1 aromatic rings. The van der Waals surface area contributed by atoms with Crippen molar-refractivity contribution in [2.45, 2.75) is 12.5 Å². The molecule has 1 saturated heterocycles. The molecule has 1 N–H and O–H groups in total. The number of carbonyl (C=O) groups excluding carboxylic acids is 1. The average Bonchev–Trinajstić information content (AvgIpc) is 2.89. The SMILES string of the molecule is COC(=O)C#Cc1cncc(OC2CCNC2)n1. The van der Waals surface area contributed by atoms with E-state index in [0.29, 0.717) is 11.6 Å². The second-order valence-corrected chi connectivity index (χ2v) is 3.72. The van der Waals surface area contributed by atoms with E-state index in [2.05, 4.69) is 31.9 Å². The van der Waals surface area contributed by atoms with Gasteiger partial charge in [0.2, 0.25) is 5.88 Å². The highest BCUT2D eigenvalue weighted by Gasteiger charge is 2.16. The first-order valence-corrected chi connectivity index (χ1v) is 5.57. The molecule has 6 nitrogen and oxygen atoms in total. The van der Waals surface area contributed by atoms with Crippen molar-refractivity contribution in [3.8, 4) is 17.7 Å². The van der Waals surface area contributed by atoms with E-state index in [4.69, 9.17) is 4.74 Å². The molecule has 1 aliphatic rings. The molecule has 1 aromatic heterocycles. The van der Waals surface area contributed by atoms with Gasteiger partial charge in [-0.2, -0.15) is 0 Å². The number of hydrogen-bond acceptors (Lipinski definition) is 6. The fourth-order valence-corrected chi connectivity index (χ4v) is 1.53.